The second-order valence-electron chi connectivity index (χ2n) is 9.49. The second-order valence-corrected chi connectivity index (χ2v) is 10.7. The minimum absolute atomic E-state index is 0.0375. The standard InChI is InChI=1S/C27H31ClN4O2S/c28-22-10-8-20(9-11-22)21-18-25(33)32(26(34)19-21)13-5-1-4-12-30-14-16-31(17-15-30)27-23-6-2-3-7-24(23)35-29-27/h2-3,6-11,21H,1,4-5,12-19H2. The molecule has 2 fully saturated rings. The number of rotatable bonds is 8. The predicted molar refractivity (Wildman–Crippen MR) is 142 cm³/mol. The van der Waals surface area contributed by atoms with Gasteiger partial charge in [0, 0.05) is 61.9 Å². The first-order chi connectivity index (χ1) is 17.1. The molecule has 2 aliphatic rings. The van der Waals surface area contributed by atoms with E-state index in [0.29, 0.717) is 24.4 Å². The molecule has 3 aromatic rings. The number of unbranched alkanes of at least 4 members (excludes halogenated alkanes) is 2. The maximum Gasteiger partial charge on any atom is 0.229 e. The fourth-order valence-electron chi connectivity index (χ4n) is 5.14. The van der Waals surface area contributed by atoms with Crippen LogP contribution in [-0.2, 0) is 9.59 Å². The van der Waals surface area contributed by atoms with Crippen molar-refractivity contribution in [3.63, 3.8) is 0 Å². The summed E-state index contributed by atoms with van der Waals surface area (Å²) in [5.74, 6) is 0.989. The molecule has 0 bridgehead atoms. The highest BCUT2D eigenvalue weighted by atomic mass is 35.5. The number of likely N-dealkylation sites (tertiary alicyclic amines) is 1. The number of amides is 2. The number of halogens is 1. The zero-order chi connectivity index (χ0) is 24.2. The van der Waals surface area contributed by atoms with Gasteiger partial charge in [-0.15, -0.1) is 0 Å². The smallest absolute Gasteiger partial charge is 0.229 e. The average Bonchev–Trinajstić information content (AvgIpc) is 3.30. The number of imide groups is 1. The summed E-state index contributed by atoms with van der Waals surface area (Å²) in [7, 11) is 0. The van der Waals surface area contributed by atoms with Gasteiger partial charge in [-0.1, -0.05) is 42.3 Å². The van der Waals surface area contributed by atoms with E-state index in [1.54, 1.807) is 11.5 Å². The fourth-order valence-corrected chi connectivity index (χ4v) is 6.06. The van der Waals surface area contributed by atoms with Gasteiger partial charge in [-0.2, -0.15) is 4.37 Å². The molecule has 0 unspecified atom stereocenters. The SMILES string of the molecule is O=C1CC(c2ccc(Cl)cc2)CC(=O)N1CCCCCN1CCN(c2nsc3ccccc23)CC1. The molecule has 2 aliphatic heterocycles. The molecule has 0 saturated carbocycles. The van der Waals surface area contributed by atoms with E-state index in [1.807, 2.05) is 24.3 Å². The normalized spacial score (nSPS) is 18.1. The lowest BCUT2D eigenvalue weighted by Crippen LogP contribution is -2.46. The number of carbonyl (C=O) groups is 2. The summed E-state index contributed by atoms with van der Waals surface area (Å²) in [6.07, 6.45) is 3.77. The number of carbonyl (C=O) groups excluding carboxylic acids is 2. The van der Waals surface area contributed by atoms with E-state index in [0.717, 1.165) is 63.4 Å². The number of piperazine rings is 1. The number of hydrogen-bond acceptors (Lipinski definition) is 6. The Morgan fingerprint density at radius 3 is 2.29 bits per heavy atom. The van der Waals surface area contributed by atoms with Gasteiger partial charge in [-0.25, -0.2) is 0 Å². The highest BCUT2D eigenvalue weighted by Crippen LogP contribution is 2.31. The highest BCUT2D eigenvalue weighted by Gasteiger charge is 2.32. The maximum absolute atomic E-state index is 12.6. The van der Waals surface area contributed by atoms with Crippen LogP contribution in [0.2, 0.25) is 5.02 Å². The largest absolute Gasteiger partial charge is 0.353 e. The van der Waals surface area contributed by atoms with E-state index >= 15 is 0 Å². The van der Waals surface area contributed by atoms with Gasteiger partial charge in [0.15, 0.2) is 0 Å². The molecular weight excluding hydrogens is 480 g/mol. The number of fused-ring (bicyclic) bond motifs is 1. The van der Waals surface area contributed by atoms with Crippen LogP contribution in [0.5, 0.6) is 0 Å². The Morgan fingerprint density at radius 1 is 0.857 bits per heavy atom. The van der Waals surface area contributed by atoms with E-state index < -0.39 is 0 Å². The topological polar surface area (TPSA) is 56.8 Å². The number of benzene rings is 2. The molecule has 35 heavy (non-hydrogen) atoms. The number of hydrogen-bond donors (Lipinski definition) is 0. The third-order valence-electron chi connectivity index (χ3n) is 7.17. The van der Waals surface area contributed by atoms with E-state index in [1.165, 1.54) is 15.0 Å². The molecule has 0 atom stereocenters. The van der Waals surface area contributed by atoms with Crippen molar-refractivity contribution in [2.24, 2.45) is 0 Å². The average molecular weight is 511 g/mol. The van der Waals surface area contributed by atoms with Crippen LogP contribution in [0.25, 0.3) is 10.1 Å². The molecule has 8 heteroatoms. The number of nitrogens with zero attached hydrogens (tertiary/aromatic N) is 4. The molecule has 184 valence electrons. The van der Waals surface area contributed by atoms with Gasteiger partial charge < -0.3 is 4.90 Å². The van der Waals surface area contributed by atoms with Crippen molar-refractivity contribution in [3.8, 4) is 0 Å². The monoisotopic (exact) mass is 510 g/mol. The first-order valence-electron chi connectivity index (χ1n) is 12.5. The molecule has 6 nitrogen and oxygen atoms in total. The van der Waals surface area contributed by atoms with Gasteiger partial charge >= 0.3 is 0 Å². The molecule has 0 aliphatic carbocycles. The van der Waals surface area contributed by atoms with E-state index in [4.69, 9.17) is 16.0 Å². The van der Waals surface area contributed by atoms with Gasteiger partial charge in [0.1, 0.15) is 5.82 Å². The maximum atomic E-state index is 12.6. The lowest BCUT2D eigenvalue weighted by molar-refractivity contribution is -0.148. The van der Waals surface area contributed by atoms with Crippen molar-refractivity contribution < 1.29 is 9.59 Å². The summed E-state index contributed by atoms with van der Waals surface area (Å²) >= 11 is 7.54. The van der Waals surface area contributed by atoms with Gasteiger partial charge in [0.05, 0.1) is 4.70 Å². The summed E-state index contributed by atoms with van der Waals surface area (Å²) in [5, 5.41) is 1.92. The van der Waals surface area contributed by atoms with Crippen LogP contribution in [0.1, 0.15) is 43.6 Å². The second kappa shape index (κ2) is 11.1. The third kappa shape index (κ3) is 5.68. The Morgan fingerprint density at radius 2 is 1.54 bits per heavy atom. The van der Waals surface area contributed by atoms with Gasteiger partial charge in [0.2, 0.25) is 11.8 Å². The van der Waals surface area contributed by atoms with Crippen molar-refractivity contribution in [2.75, 3.05) is 44.2 Å². The van der Waals surface area contributed by atoms with Crippen molar-refractivity contribution in [2.45, 2.75) is 38.0 Å². The molecule has 5 rings (SSSR count). The Labute approximate surface area is 215 Å². The first-order valence-corrected chi connectivity index (χ1v) is 13.6. The molecule has 3 heterocycles. The van der Waals surface area contributed by atoms with Crippen molar-refractivity contribution in [1.29, 1.82) is 0 Å². The van der Waals surface area contributed by atoms with Gasteiger partial charge in [0.25, 0.3) is 0 Å². The zero-order valence-electron chi connectivity index (χ0n) is 19.9. The van der Waals surface area contributed by atoms with E-state index in [9.17, 15) is 9.59 Å². The number of anilines is 1. The Bertz CT molecular complexity index is 1160. The zero-order valence-corrected chi connectivity index (χ0v) is 21.4. The summed E-state index contributed by atoms with van der Waals surface area (Å²) in [4.78, 5) is 31.7. The Kier molecular flexibility index (Phi) is 7.66. The Hall–Kier alpha value is -2.48. The number of aromatic nitrogens is 1. The van der Waals surface area contributed by atoms with Crippen molar-refractivity contribution >= 4 is 50.9 Å². The minimum atomic E-state index is -0.0492. The van der Waals surface area contributed by atoms with Crippen LogP contribution in [-0.4, -0.2) is 65.3 Å². The minimum Gasteiger partial charge on any atom is -0.353 e. The molecule has 0 N–H and O–H groups in total. The quantitative estimate of drug-likeness (QED) is 0.309. The molecule has 2 aromatic carbocycles. The molecule has 1 aromatic heterocycles. The summed E-state index contributed by atoms with van der Waals surface area (Å²) in [5.41, 5.74) is 1.01. The van der Waals surface area contributed by atoms with Crippen molar-refractivity contribution in [3.05, 3.63) is 59.1 Å². The van der Waals surface area contributed by atoms with Crippen LogP contribution >= 0.6 is 23.1 Å². The molecule has 0 spiro atoms. The molecule has 0 radical (unpaired) electrons. The lowest BCUT2D eigenvalue weighted by Gasteiger charge is -2.35. The highest BCUT2D eigenvalue weighted by molar-refractivity contribution is 7.13. The van der Waals surface area contributed by atoms with Gasteiger partial charge in [-0.05, 0) is 60.7 Å². The van der Waals surface area contributed by atoms with E-state index in [2.05, 4.69) is 34.1 Å². The van der Waals surface area contributed by atoms with Gasteiger partial charge in [-0.3, -0.25) is 19.4 Å². The summed E-state index contributed by atoms with van der Waals surface area (Å²) in [6.45, 7) is 5.68. The van der Waals surface area contributed by atoms with Crippen LogP contribution < -0.4 is 4.90 Å². The molecule has 2 saturated heterocycles. The number of piperidine rings is 1. The van der Waals surface area contributed by atoms with Crippen LogP contribution in [0, 0.1) is 0 Å². The molecule has 2 amide bonds. The first kappa shape index (κ1) is 24.2. The van der Waals surface area contributed by atoms with Crippen LogP contribution in [0.4, 0.5) is 5.82 Å². The summed E-state index contributed by atoms with van der Waals surface area (Å²) < 4.78 is 5.94. The van der Waals surface area contributed by atoms with Crippen LogP contribution in [0.15, 0.2) is 48.5 Å². The Balaban J connectivity index is 1.01. The van der Waals surface area contributed by atoms with Crippen molar-refractivity contribution in [1.82, 2.24) is 14.2 Å². The predicted octanol–water partition coefficient (Wildman–Crippen LogP) is 5.17. The molecular formula is C27H31ClN4O2S. The fraction of sp³-hybridized carbons (Fsp3) is 0.444. The lowest BCUT2D eigenvalue weighted by atomic mass is 9.88. The van der Waals surface area contributed by atoms with Crippen LogP contribution in [0.3, 0.4) is 0 Å². The summed E-state index contributed by atoms with van der Waals surface area (Å²) in [6, 6.07) is 15.9. The van der Waals surface area contributed by atoms with E-state index in [-0.39, 0.29) is 17.7 Å². The third-order valence-corrected chi connectivity index (χ3v) is 8.24.